The zero-order valence-electron chi connectivity index (χ0n) is 20.9. The number of hydrogen-bond acceptors (Lipinski definition) is 6. The molecule has 0 unspecified atom stereocenters. The van der Waals surface area contributed by atoms with Gasteiger partial charge in [0.15, 0.2) is 5.78 Å². The van der Waals surface area contributed by atoms with Crippen LogP contribution in [0.4, 0.5) is 0 Å². The SMILES string of the molecule is CCOc1cc(OC)cc(-c2cc(COC(C)(C)C(C)=O)nn2Cc2ccccc2OCC)c1. The zero-order valence-corrected chi connectivity index (χ0v) is 20.9. The molecule has 2 aromatic carbocycles. The molecule has 0 saturated carbocycles. The third-order valence-electron chi connectivity index (χ3n) is 5.57. The Morgan fingerprint density at radius 2 is 1.71 bits per heavy atom. The van der Waals surface area contributed by atoms with E-state index in [0.717, 1.165) is 34.0 Å². The van der Waals surface area contributed by atoms with Crippen LogP contribution in [-0.2, 0) is 22.7 Å². The predicted molar refractivity (Wildman–Crippen MR) is 132 cm³/mol. The highest BCUT2D eigenvalue weighted by atomic mass is 16.5. The van der Waals surface area contributed by atoms with Crippen LogP contribution < -0.4 is 14.2 Å². The molecule has 0 aliphatic carbocycles. The Morgan fingerprint density at radius 3 is 2.38 bits per heavy atom. The minimum Gasteiger partial charge on any atom is -0.497 e. The number of Topliss-reactive ketones (excluding diaryl/α,β-unsaturated/α-hetero) is 1. The first-order chi connectivity index (χ1) is 16.3. The Morgan fingerprint density at radius 1 is 1.00 bits per heavy atom. The van der Waals surface area contributed by atoms with Crippen LogP contribution in [0.15, 0.2) is 48.5 Å². The molecule has 1 heterocycles. The van der Waals surface area contributed by atoms with Gasteiger partial charge in [-0.1, -0.05) is 18.2 Å². The minimum atomic E-state index is -0.885. The summed E-state index contributed by atoms with van der Waals surface area (Å²) in [5.74, 6) is 2.20. The van der Waals surface area contributed by atoms with Gasteiger partial charge < -0.3 is 18.9 Å². The largest absolute Gasteiger partial charge is 0.497 e. The van der Waals surface area contributed by atoms with Crippen molar-refractivity contribution in [3.63, 3.8) is 0 Å². The molecular weight excluding hydrogens is 432 g/mol. The molecule has 182 valence electrons. The van der Waals surface area contributed by atoms with Crippen molar-refractivity contribution in [2.45, 2.75) is 53.4 Å². The lowest BCUT2D eigenvalue weighted by atomic mass is 10.1. The van der Waals surface area contributed by atoms with E-state index in [9.17, 15) is 4.79 Å². The number of nitrogens with zero attached hydrogens (tertiary/aromatic N) is 2. The maximum Gasteiger partial charge on any atom is 0.161 e. The molecule has 7 nitrogen and oxygen atoms in total. The van der Waals surface area contributed by atoms with Gasteiger partial charge in [0, 0.05) is 17.2 Å². The van der Waals surface area contributed by atoms with Crippen molar-refractivity contribution in [3.8, 4) is 28.5 Å². The lowest BCUT2D eigenvalue weighted by Crippen LogP contribution is -2.32. The van der Waals surface area contributed by atoms with Gasteiger partial charge in [-0.05, 0) is 58.9 Å². The van der Waals surface area contributed by atoms with Crippen molar-refractivity contribution in [2.24, 2.45) is 0 Å². The molecule has 3 rings (SSSR count). The normalized spacial score (nSPS) is 11.4. The summed E-state index contributed by atoms with van der Waals surface area (Å²) in [7, 11) is 1.63. The van der Waals surface area contributed by atoms with Gasteiger partial charge >= 0.3 is 0 Å². The molecule has 0 bridgehead atoms. The Labute approximate surface area is 201 Å². The third kappa shape index (κ3) is 6.17. The quantitative estimate of drug-likeness (QED) is 0.361. The van der Waals surface area contributed by atoms with Crippen LogP contribution in [0.25, 0.3) is 11.3 Å². The first-order valence-corrected chi connectivity index (χ1v) is 11.5. The molecule has 0 amide bonds. The van der Waals surface area contributed by atoms with Crippen LogP contribution in [-0.4, -0.2) is 41.5 Å². The van der Waals surface area contributed by atoms with Gasteiger partial charge in [0.25, 0.3) is 0 Å². The smallest absolute Gasteiger partial charge is 0.161 e. The van der Waals surface area contributed by atoms with Crippen LogP contribution >= 0.6 is 0 Å². The molecule has 0 aliphatic heterocycles. The Balaban J connectivity index is 2.04. The highest BCUT2D eigenvalue weighted by Gasteiger charge is 2.25. The van der Waals surface area contributed by atoms with Crippen LogP contribution in [0, 0.1) is 0 Å². The second-order valence-electron chi connectivity index (χ2n) is 8.40. The third-order valence-corrected chi connectivity index (χ3v) is 5.57. The molecule has 0 spiro atoms. The highest BCUT2D eigenvalue weighted by molar-refractivity contribution is 5.83. The molecule has 0 fully saturated rings. The van der Waals surface area contributed by atoms with Gasteiger partial charge in [0.2, 0.25) is 0 Å². The van der Waals surface area contributed by atoms with Gasteiger partial charge in [-0.3, -0.25) is 9.48 Å². The Kier molecular flexibility index (Phi) is 8.34. The summed E-state index contributed by atoms with van der Waals surface area (Å²) in [6.45, 7) is 10.8. The summed E-state index contributed by atoms with van der Waals surface area (Å²) in [5, 5.41) is 4.82. The molecule has 0 aliphatic rings. The number of benzene rings is 2. The van der Waals surface area contributed by atoms with E-state index >= 15 is 0 Å². The first-order valence-electron chi connectivity index (χ1n) is 11.5. The van der Waals surface area contributed by atoms with Crippen molar-refractivity contribution in [1.29, 1.82) is 0 Å². The first kappa shape index (κ1) is 25.3. The number of ketones is 1. The van der Waals surface area contributed by atoms with Crippen LogP contribution in [0.1, 0.15) is 45.9 Å². The van der Waals surface area contributed by atoms with Gasteiger partial charge in [0.1, 0.15) is 22.8 Å². The fourth-order valence-corrected chi connectivity index (χ4v) is 3.43. The average molecular weight is 467 g/mol. The Bertz CT molecular complexity index is 1120. The number of hydrogen-bond donors (Lipinski definition) is 0. The fourth-order valence-electron chi connectivity index (χ4n) is 3.43. The van der Waals surface area contributed by atoms with E-state index in [1.165, 1.54) is 6.92 Å². The number of rotatable bonds is 12. The van der Waals surface area contributed by atoms with Gasteiger partial charge in [0.05, 0.1) is 44.9 Å². The summed E-state index contributed by atoms with van der Waals surface area (Å²) in [5.41, 5.74) is 2.63. The lowest BCUT2D eigenvalue weighted by molar-refractivity contribution is -0.139. The summed E-state index contributed by atoms with van der Waals surface area (Å²) in [6, 6.07) is 15.7. The minimum absolute atomic E-state index is 0.0352. The van der Waals surface area contributed by atoms with E-state index in [2.05, 4.69) is 0 Å². The second kappa shape index (κ2) is 11.2. The monoisotopic (exact) mass is 466 g/mol. The molecule has 3 aromatic rings. The van der Waals surface area contributed by atoms with Crippen molar-refractivity contribution in [3.05, 3.63) is 59.8 Å². The molecule has 0 radical (unpaired) electrons. The van der Waals surface area contributed by atoms with Crippen LogP contribution in [0.3, 0.4) is 0 Å². The molecule has 0 N–H and O–H groups in total. The second-order valence-corrected chi connectivity index (χ2v) is 8.40. The summed E-state index contributed by atoms with van der Waals surface area (Å²) in [4.78, 5) is 11.9. The topological polar surface area (TPSA) is 71.8 Å². The fraction of sp³-hybridized carbons (Fsp3) is 0.407. The van der Waals surface area contributed by atoms with E-state index in [0.29, 0.717) is 25.5 Å². The maximum atomic E-state index is 11.9. The van der Waals surface area contributed by atoms with Crippen molar-refractivity contribution >= 4 is 5.78 Å². The summed E-state index contributed by atoms with van der Waals surface area (Å²) >= 11 is 0. The number of carbonyl (C=O) groups is 1. The molecule has 0 atom stereocenters. The average Bonchev–Trinajstić information content (AvgIpc) is 3.22. The van der Waals surface area contributed by atoms with E-state index in [4.69, 9.17) is 24.0 Å². The van der Waals surface area contributed by atoms with E-state index < -0.39 is 5.60 Å². The molecule has 34 heavy (non-hydrogen) atoms. The molecular formula is C27H34N2O5. The van der Waals surface area contributed by atoms with Gasteiger partial charge in [-0.15, -0.1) is 0 Å². The van der Waals surface area contributed by atoms with Gasteiger partial charge in [-0.25, -0.2) is 0 Å². The summed E-state index contributed by atoms with van der Waals surface area (Å²) in [6.07, 6.45) is 0. The molecule has 1 aromatic heterocycles. The number of para-hydroxylation sites is 1. The zero-order chi connectivity index (χ0) is 24.7. The number of aromatic nitrogens is 2. The van der Waals surface area contributed by atoms with E-state index in [-0.39, 0.29) is 12.4 Å². The number of methoxy groups -OCH3 is 1. The number of carbonyl (C=O) groups excluding carboxylic acids is 1. The van der Waals surface area contributed by atoms with E-state index in [1.807, 2.05) is 67.1 Å². The predicted octanol–water partition coefficient (Wildman–Crippen LogP) is 5.29. The van der Waals surface area contributed by atoms with E-state index in [1.54, 1.807) is 21.0 Å². The standard InChI is InChI=1S/C27H34N2O5/c1-7-32-24-14-21(13-23(16-24)31-6)25-15-22(18-34-27(4,5)19(3)30)28-29(25)17-20-11-9-10-12-26(20)33-8-2/h9-16H,7-8,17-18H2,1-6H3. The number of ether oxygens (including phenoxy) is 4. The summed E-state index contributed by atoms with van der Waals surface area (Å²) < 4.78 is 24.9. The van der Waals surface area contributed by atoms with Crippen molar-refractivity contribution in [2.75, 3.05) is 20.3 Å². The lowest BCUT2D eigenvalue weighted by Gasteiger charge is -2.21. The van der Waals surface area contributed by atoms with Crippen molar-refractivity contribution < 1.29 is 23.7 Å². The molecule has 7 heteroatoms. The Hall–Kier alpha value is -3.32. The van der Waals surface area contributed by atoms with Crippen LogP contribution in [0.5, 0.6) is 17.2 Å². The highest BCUT2D eigenvalue weighted by Crippen LogP contribution is 2.32. The van der Waals surface area contributed by atoms with Gasteiger partial charge in [-0.2, -0.15) is 5.10 Å². The van der Waals surface area contributed by atoms with Crippen molar-refractivity contribution in [1.82, 2.24) is 9.78 Å². The molecule has 0 saturated heterocycles. The maximum absolute atomic E-state index is 11.9. The van der Waals surface area contributed by atoms with Crippen LogP contribution in [0.2, 0.25) is 0 Å².